The van der Waals surface area contributed by atoms with Crippen LogP contribution in [0, 0.1) is 0 Å². The highest BCUT2D eigenvalue weighted by Crippen LogP contribution is 2.31. The van der Waals surface area contributed by atoms with Gasteiger partial charge in [-0.1, -0.05) is 12.1 Å². The molecule has 1 saturated heterocycles. The third kappa shape index (κ3) is 1.70. The molecule has 78 valence electrons. The molecule has 2 heteroatoms. The fourth-order valence-corrected chi connectivity index (χ4v) is 2.73. The largest absolute Gasteiger partial charge is 0.307 e. The van der Waals surface area contributed by atoms with Crippen LogP contribution in [-0.4, -0.2) is 17.1 Å². The minimum atomic E-state index is 0.571. The Morgan fingerprint density at radius 3 is 3.13 bits per heavy atom. The molecule has 3 heterocycles. The summed E-state index contributed by atoms with van der Waals surface area (Å²) in [5, 5.41) is 3.71. The molecule has 2 atom stereocenters. The van der Waals surface area contributed by atoms with Gasteiger partial charge in [-0.05, 0) is 42.9 Å². The number of rotatable bonds is 1. The zero-order chi connectivity index (χ0) is 10.1. The van der Waals surface area contributed by atoms with Crippen LogP contribution in [0.3, 0.4) is 0 Å². The topological polar surface area (TPSA) is 24.9 Å². The summed E-state index contributed by atoms with van der Waals surface area (Å²) in [4.78, 5) is 4.20. The number of allylic oxidation sites excluding steroid dienone is 1. The Morgan fingerprint density at radius 1 is 1.27 bits per heavy atom. The number of nitrogens with zero attached hydrogens (tertiary/aromatic N) is 1. The smallest absolute Gasteiger partial charge is 0.0343 e. The molecule has 0 aliphatic carbocycles. The Bertz CT molecular complexity index is 369. The van der Waals surface area contributed by atoms with Crippen LogP contribution in [0.4, 0.5) is 0 Å². The highest BCUT2D eigenvalue weighted by molar-refractivity contribution is 5.69. The van der Waals surface area contributed by atoms with E-state index in [4.69, 9.17) is 0 Å². The minimum absolute atomic E-state index is 0.571. The first-order chi connectivity index (χ1) is 7.43. The summed E-state index contributed by atoms with van der Waals surface area (Å²) >= 11 is 0. The number of aromatic nitrogens is 1. The van der Waals surface area contributed by atoms with E-state index < -0.39 is 0 Å². The molecular formula is C13H16N2. The van der Waals surface area contributed by atoms with E-state index in [0.29, 0.717) is 6.04 Å². The van der Waals surface area contributed by atoms with Crippen LogP contribution >= 0.6 is 0 Å². The second kappa shape index (κ2) is 3.78. The first-order valence-corrected chi connectivity index (χ1v) is 5.80. The molecule has 0 aromatic carbocycles. The quantitative estimate of drug-likeness (QED) is 0.753. The van der Waals surface area contributed by atoms with Crippen LogP contribution < -0.4 is 5.32 Å². The van der Waals surface area contributed by atoms with Gasteiger partial charge in [-0.3, -0.25) is 4.98 Å². The van der Waals surface area contributed by atoms with E-state index in [2.05, 4.69) is 22.4 Å². The summed E-state index contributed by atoms with van der Waals surface area (Å²) in [7, 11) is 0. The maximum absolute atomic E-state index is 4.20. The number of hydrogen-bond donors (Lipinski definition) is 1. The highest BCUT2D eigenvalue weighted by atomic mass is 15.0. The summed E-state index contributed by atoms with van der Waals surface area (Å²) in [5.41, 5.74) is 2.75. The van der Waals surface area contributed by atoms with Gasteiger partial charge in [-0.15, -0.1) is 0 Å². The van der Waals surface area contributed by atoms with E-state index in [1.54, 1.807) is 0 Å². The number of hydrogen-bond acceptors (Lipinski definition) is 2. The third-order valence-electron chi connectivity index (χ3n) is 3.49. The fourth-order valence-electron chi connectivity index (χ4n) is 2.73. The highest BCUT2D eigenvalue weighted by Gasteiger charge is 2.28. The first kappa shape index (κ1) is 9.10. The second-order valence-corrected chi connectivity index (χ2v) is 4.47. The van der Waals surface area contributed by atoms with Crippen molar-refractivity contribution < 1.29 is 0 Å². The Hall–Kier alpha value is -1.15. The molecule has 0 saturated carbocycles. The van der Waals surface area contributed by atoms with E-state index in [1.165, 1.54) is 36.8 Å². The molecule has 2 aliphatic rings. The zero-order valence-corrected chi connectivity index (χ0v) is 8.82. The monoisotopic (exact) mass is 200 g/mol. The van der Waals surface area contributed by atoms with Crippen LogP contribution in [0.1, 0.15) is 31.2 Å². The van der Waals surface area contributed by atoms with Crippen molar-refractivity contribution in [2.45, 2.75) is 37.8 Å². The van der Waals surface area contributed by atoms with Gasteiger partial charge in [0.1, 0.15) is 0 Å². The van der Waals surface area contributed by atoms with Gasteiger partial charge < -0.3 is 5.32 Å². The standard InChI is InChI=1S/C13H16N2/c1-4-11-6-7-13(15-11)12(5-1)10-3-2-8-14-9-10/h2-3,5,8-9,11,13,15H,1,4,6-7H2/t11?,13-/m1/s1. The van der Waals surface area contributed by atoms with Gasteiger partial charge in [0.15, 0.2) is 0 Å². The van der Waals surface area contributed by atoms with Gasteiger partial charge >= 0.3 is 0 Å². The summed E-state index contributed by atoms with van der Waals surface area (Å²) in [6.45, 7) is 0. The predicted octanol–water partition coefficient (Wildman–Crippen LogP) is 2.38. The molecular weight excluding hydrogens is 184 g/mol. The normalized spacial score (nSPS) is 29.7. The Labute approximate surface area is 90.4 Å². The van der Waals surface area contributed by atoms with Crippen LogP contribution in [0.15, 0.2) is 30.6 Å². The molecule has 1 N–H and O–H groups in total. The molecule has 0 spiro atoms. The number of fused-ring (bicyclic) bond motifs is 2. The molecule has 2 bridgehead atoms. The Kier molecular flexibility index (Phi) is 2.29. The summed E-state index contributed by atoms with van der Waals surface area (Å²) in [5.74, 6) is 0. The molecule has 0 radical (unpaired) electrons. The van der Waals surface area contributed by atoms with Crippen molar-refractivity contribution in [2.75, 3.05) is 0 Å². The molecule has 1 unspecified atom stereocenters. The first-order valence-electron chi connectivity index (χ1n) is 5.80. The zero-order valence-electron chi connectivity index (χ0n) is 8.82. The summed E-state index contributed by atoms with van der Waals surface area (Å²) in [6.07, 6.45) is 11.3. The van der Waals surface area contributed by atoms with Crippen molar-refractivity contribution >= 4 is 5.57 Å². The summed E-state index contributed by atoms with van der Waals surface area (Å²) < 4.78 is 0. The van der Waals surface area contributed by atoms with Gasteiger partial charge in [0, 0.05) is 24.5 Å². The van der Waals surface area contributed by atoms with Gasteiger partial charge in [-0.2, -0.15) is 0 Å². The minimum Gasteiger partial charge on any atom is -0.307 e. The molecule has 15 heavy (non-hydrogen) atoms. The predicted molar refractivity (Wildman–Crippen MR) is 61.4 cm³/mol. The molecule has 1 fully saturated rings. The van der Waals surface area contributed by atoms with Crippen molar-refractivity contribution in [1.82, 2.24) is 10.3 Å². The van der Waals surface area contributed by atoms with E-state index in [-0.39, 0.29) is 0 Å². The van der Waals surface area contributed by atoms with Crippen LogP contribution in [0.25, 0.3) is 5.57 Å². The molecule has 1 aromatic rings. The molecule has 2 nitrogen and oxygen atoms in total. The number of nitrogens with one attached hydrogen (secondary N) is 1. The van der Waals surface area contributed by atoms with Crippen LogP contribution in [-0.2, 0) is 0 Å². The van der Waals surface area contributed by atoms with Crippen molar-refractivity contribution in [1.29, 1.82) is 0 Å². The van der Waals surface area contributed by atoms with E-state index in [0.717, 1.165) is 6.04 Å². The maximum Gasteiger partial charge on any atom is 0.0343 e. The fraction of sp³-hybridized carbons (Fsp3) is 0.462. The van der Waals surface area contributed by atoms with Crippen LogP contribution in [0.2, 0.25) is 0 Å². The van der Waals surface area contributed by atoms with Crippen LogP contribution in [0.5, 0.6) is 0 Å². The van der Waals surface area contributed by atoms with Gasteiger partial charge in [0.2, 0.25) is 0 Å². The van der Waals surface area contributed by atoms with E-state index >= 15 is 0 Å². The van der Waals surface area contributed by atoms with Crippen molar-refractivity contribution in [3.05, 3.63) is 36.2 Å². The summed E-state index contributed by atoms with van der Waals surface area (Å²) in [6, 6.07) is 5.51. The maximum atomic E-state index is 4.20. The average molecular weight is 200 g/mol. The molecule has 0 amide bonds. The molecule has 2 aliphatic heterocycles. The third-order valence-corrected chi connectivity index (χ3v) is 3.49. The lowest BCUT2D eigenvalue weighted by Crippen LogP contribution is -2.28. The lowest BCUT2D eigenvalue weighted by Gasteiger charge is -2.14. The SMILES string of the molecule is C1=C(c2cccnc2)[C@H]2CCC(CC1)N2. The molecule has 3 rings (SSSR count). The van der Waals surface area contributed by atoms with E-state index in [9.17, 15) is 0 Å². The number of pyridine rings is 1. The van der Waals surface area contributed by atoms with Crippen molar-refractivity contribution in [3.8, 4) is 0 Å². The van der Waals surface area contributed by atoms with Gasteiger partial charge in [-0.25, -0.2) is 0 Å². The second-order valence-electron chi connectivity index (χ2n) is 4.47. The van der Waals surface area contributed by atoms with E-state index in [1.807, 2.05) is 18.5 Å². The Balaban J connectivity index is 1.94. The Morgan fingerprint density at radius 2 is 2.27 bits per heavy atom. The van der Waals surface area contributed by atoms with Gasteiger partial charge in [0.05, 0.1) is 0 Å². The lowest BCUT2D eigenvalue weighted by atomic mass is 9.95. The average Bonchev–Trinajstić information content (AvgIpc) is 2.61. The van der Waals surface area contributed by atoms with Gasteiger partial charge in [0.25, 0.3) is 0 Å². The van der Waals surface area contributed by atoms with Crippen molar-refractivity contribution in [3.63, 3.8) is 0 Å². The molecule has 1 aromatic heterocycles. The lowest BCUT2D eigenvalue weighted by molar-refractivity contribution is 0.559. The van der Waals surface area contributed by atoms with Crippen molar-refractivity contribution in [2.24, 2.45) is 0 Å².